The number of phenols is 1. The Morgan fingerprint density at radius 3 is 2.42 bits per heavy atom. The first-order valence-corrected chi connectivity index (χ1v) is 26.0. The Balaban J connectivity index is 0.749. The van der Waals surface area contributed by atoms with Gasteiger partial charge in [0.05, 0.1) is 18.4 Å². The number of terminal acetylenes is 1. The van der Waals surface area contributed by atoms with E-state index in [9.17, 15) is 24.6 Å². The van der Waals surface area contributed by atoms with E-state index in [0.29, 0.717) is 67.3 Å². The van der Waals surface area contributed by atoms with Crippen molar-refractivity contribution in [2.75, 3.05) is 69.8 Å². The van der Waals surface area contributed by atoms with Gasteiger partial charge in [-0.1, -0.05) is 44.9 Å². The number of anilines is 2. The number of nitrogens with zero attached hydrogens (tertiary/aromatic N) is 8. The summed E-state index contributed by atoms with van der Waals surface area (Å²) in [5, 5.41) is 39.8. The Morgan fingerprint density at radius 1 is 0.959 bits per heavy atom. The summed E-state index contributed by atoms with van der Waals surface area (Å²) in [6.07, 6.45) is 14.1. The number of urea groups is 1. The van der Waals surface area contributed by atoms with Crippen LogP contribution < -0.4 is 25.6 Å². The third kappa shape index (κ3) is 11.3. The van der Waals surface area contributed by atoms with Gasteiger partial charge in [0.15, 0.2) is 5.82 Å². The topological polar surface area (TPSA) is 211 Å². The molecule has 5 N–H and O–H groups in total. The monoisotopic (exact) mass is 998 g/mol. The van der Waals surface area contributed by atoms with Gasteiger partial charge >= 0.3 is 6.03 Å². The average Bonchev–Trinajstić information content (AvgIpc) is 3.99. The number of likely N-dealkylation sites (tertiary alicyclic amines) is 3. The van der Waals surface area contributed by atoms with E-state index in [0.717, 1.165) is 80.2 Å². The number of hydrogen-bond acceptors (Lipinski definition) is 14. The maximum atomic E-state index is 14.4. The standard InChI is InChI=1S/C55H71N11O7/c1-7-35-13-14-37(47(27-35)73-26-10-25-72-6)30-56-51(69)45-28-40(67)33-66(45)52(70)49(55(3,4)5)60-54(71)64-22-17-39(18-23-64)63-20-15-36(16-21-63)38-31-57-53(58-32-38)65-24-19-43-48(34(65)2)42-29-44(61-62-50(42)59-43)41-11-8-9-12-46(41)68/h1,8-9,11-14,27,29,31-32,34,36,39-40,43,45,48-49,67-68H,10,15-26,28,30,33H2,2-6H3,(H,56,69)(H,59,62)(H,60,71)/t34-,40-,43?,45+,48?,49-/m1/s1. The first kappa shape index (κ1) is 51.4. The van der Waals surface area contributed by atoms with E-state index in [4.69, 9.17) is 25.9 Å². The highest BCUT2D eigenvalue weighted by Crippen LogP contribution is 2.45. The number of nitrogens with one attached hydrogen (secondary N) is 3. The van der Waals surface area contributed by atoms with E-state index in [1.54, 1.807) is 36.3 Å². The van der Waals surface area contributed by atoms with E-state index >= 15 is 0 Å². The number of aliphatic hydroxyl groups is 1. The van der Waals surface area contributed by atoms with Gasteiger partial charge in [-0.25, -0.2) is 14.8 Å². The molecule has 2 aromatic heterocycles. The van der Waals surface area contributed by atoms with Crippen LogP contribution in [0.4, 0.5) is 16.6 Å². The van der Waals surface area contributed by atoms with Crippen LogP contribution in [0.15, 0.2) is 60.9 Å². The minimum atomic E-state index is -0.933. The summed E-state index contributed by atoms with van der Waals surface area (Å²) in [7, 11) is 1.63. The normalized spacial score (nSPS) is 23.0. The van der Waals surface area contributed by atoms with Crippen molar-refractivity contribution in [1.82, 2.24) is 45.5 Å². The van der Waals surface area contributed by atoms with Crippen LogP contribution in [0.1, 0.15) is 107 Å². The zero-order valence-electron chi connectivity index (χ0n) is 42.8. The van der Waals surface area contributed by atoms with E-state index < -0.39 is 35.4 Å². The molecule has 0 saturated carbocycles. The number of carbonyl (C=O) groups excluding carboxylic acids is 3. The van der Waals surface area contributed by atoms with E-state index in [1.165, 1.54) is 4.90 Å². The lowest BCUT2D eigenvalue weighted by molar-refractivity contribution is -0.142. The summed E-state index contributed by atoms with van der Waals surface area (Å²) in [6, 6.07) is 13.2. The molecule has 4 amide bonds. The zero-order chi connectivity index (χ0) is 51.4. The Bertz CT molecular complexity index is 2640. The molecular formula is C55H71N11O7. The average molecular weight is 998 g/mol. The van der Waals surface area contributed by atoms with Gasteiger partial charge in [0, 0.05) is 118 Å². The summed E-state index contributed by atoms with van der Waals surface area (Å²) in [4.78, 5) is 60.0. The van der Waals surface area contributed by atoms with Crippen molar-refractivity contribution in [3.8, 4) is 35.1 Å². The number of β-amino-alcohol motifs (C(OH)–C–C–N with tert-alkyl or cyclic N) is 1. The molecule has 0 spiro atoms. The number of phenolic OH excluding ortho intramolecular Hbond substituents is 1. The molecule has 4 fully saturated rings. The first-order chi connectivity index (χ1) is 35.2. The number of benzene rings is 2. The molecule has 5 aliphatic rings. The van der Waals surface area contributed by atoms with Crippen molar-refractivity contribution in [2.45, 2.75) is 127 Å². The van der Waals surface area contributed by atoms with Gasteiger partial charge in [0.2, 0.25) is 17.8 Å². The van der Waals surface area contributed by atoms with Gasteiger partial charge in [-0.15, -0.1) is 16.6 Å². The van der Waals surface area contributed by atoms with Crippen LogP contribution in [-0.2, 0) is 20.9 Å². The fourth-order valence-corrected chi connectivity index (χ4v) is 11.5. The van der Waals surface area contributed by atoms with Crippen LogP contribution in [0.3, 0.4) is 0 Å². The summed E-state index contributed by atoms with van der Waals surface area (Å²) >= 11 is 0. The number of aromatic nitrogens is 4. The molecule has 0 radical (unpaired) electrons. The van der Waals surface area contributed by atoms with Crippen molar-refractivity contribution in [3.63, 3.8) is 0 Å². The summed E-state index contributed by atoms with van der Waals surface area (Å²) in [6.45, 7) is 12.8. The van der Waals surface area contributed by atoms with Crippen molar-refractivity contribution < 1.29 is 34.1 Å². The van der Waals surface area contributed by atoms with Gasteiger partial charge in [-0.3, -0.25) is 9.59 Å². The Morgan fingerprint density at radius 2 is 1.71 bits per heavy atom. The fourth-order valence-electron chi connectivity index (χ4n) is 11.5. The molecule has 0 bridgehead atoms. The highest BCUT2D eigenvalue weighted by atomic mass is 16.5. The second-order valence-corrected chi connectivity index (χ2v) is 21.4. The lowest BCUT2D eigenvalue weighted by Gasteiger charge is -2.42. The SMILES string of the molecule is C#Cc1ccc(CNC(=O)[C@@H]2C[C@@H](O)CN2C(=O)[C@@H](NC(=O)N2CCC(N3CCC(c4cnc(N5CCC6Nc7nnc(-c8ccccc8O)cc7C6[C@H]5C)nc4)CC3)CC2)C(C)(C)C)c(OCCCOC)c1. The minimum absolute atomic E-state index is 0.0151. The Hall–Kier alpha value is -6.55. The molecule has 73 heavy (non-hydrogen) atoms. The molecule has 18 nitrogen and oxygen atoms in total. The van der Waals surface area contributed by atoms with E-state index in [1.807, 2.05) is 51.4 Å². The van der Waals surface area contributed by atoms with Crippen molar-refractivity contribution in [3.05, 3.63) is 83.2 Å². The van der Waals surface area contributed by atoms with Crippen molar-refractivity contribution in [1.29, 1.82) is 0 Å². The van der Waals surface area contributed by atoms with E-state index in [2.05, 4.69) is 54.9 Å². The predicted octanol–water partition coefficient (Wildman–Crippen LogP) is 5.26. The molecular weight excluding hydrogens is 927 g/mol. The van der Waals surface area contributed by atoms with Crippen LogP contribution in [0.25, 0.3) is 11.3 Å². The highest BCUT2D eigenvalue weighted by Gasteiger charge is 2.46. The summed E-state index contributed by atoms with van der Waals surface area (Å²) in [5.74, 6) is 4.61. The highest BCUT2D eigenvalue weighted by molar-refractivity contribution is 5.93. The third-order valence-corrected chi connectivity index (χ3v) is 15.7. The molecule has 7 heterocycles. The number of piperidine rings is 3. The number of amides is 4. The third-order valence-electron chi connectivity index (χ3n) is 15.7. The number of hydrogen-bond donors (Lipinski definition) is 5. The van der Waals surface area contributed by atoms with Gasteiger partial charge in [-0.2, -0.15) is 0 Å². The van der Waals surface area contributed by atoms with E-state index in [-0.39, 0.29) is 49.3 Å². The van der Waals surface area contributed by atoms with Crippen LogP contribution in [-0.4, -0.2) is 159 Å². The number of fused-ring (bicyclic) bond motifs is 3. The zero-order valence-corrected chi connectivity index (χ0v) is 42.8. The molecule has 0 aliphatic carbocycles. The smallest absolute Gasteiger partial charge is 0.318 e. The van der Waals surface area contributed by atoms with Crippen LogP contribution in [0.2, 0.25) is 0 Å². The molecule has 5 aliphatic heterocycles. The molecule has 388 valence electrons. The molecule has 4 aromatic rings. The van der Waals surface area contributed by atoms with Gasteiger partial charge in [0.1, 0.15) is 23.6 Å². The van der Waals surface area contributed by atoms with Crippen molar-refractivity contribution >= 4 is 29.6 Å². The van der Waals surface area contributed by atoms with Gasteiger partial charge in [0.25, 0.3) is 0 Å². The Kier molecular flexibility index (Phi) is 15.7. The first-order valence-electron chi connectivity index (χ1n) is 26.0. The Labute approximate surface area is 428 Å². The number of carbonyl (C=O) groups is 3. The molecule has 2 aromatic carbocycles. The number of ether oxygens (including phenoxy) is 2. The van der Waals surface area contributed by atoms with Crippen molar-refractivity contribution in [2.24, 2.45) is 5.41 Å². The largest absolute Gasteiger partial charge is 0.507 e. The van der Waals surface area contributed by atoms with Gasteiger partial charge in [-0.05, 0) is 99.3 Å². The molecule has 4 saturated heterocycles. The summed E-state index contributed by atoms with van der Waals surface area (Å²) < 4.78 is 11.1. The number of aromatic hydroxyl groups is 1. The molecule has 9 rings (SSSR count). The lowest BCUT2D eigenvalue weighted by Crippen LogP contribution is -2.60. The number of rotatable bonds is 14. The van der Waals surface area contributed by atoms with Crippen LogP contribution in [0, 0.1) is 17.8 Å². The number of aliphatic hydroxyl groups excluding tert-OH is 1. The maximum absolute atomic E-state index is 14.4. The maximum Gasteiger partial charge on any atom is 0.318 e. The fraction of sp³-hybridized carbons (Fsp3) is 0.545. The summed E-state index contributed by atoms with van der Waals surface area (Å²) in [5.41, 5.74) is 4.26. The van der Waals surface area contributed by atoms with Gasteiger partial charge < -0.3 is 55.2 Å². The van der Waals surface area contributed by atoms with Crippen LogP contribution >= 0.6 is 0 Å². The second-order valence-electron chi connectivity index (χ2n) is 21.4. The number of methoxy groups -OCH3 is 1. The molecule has 2 unspecified atom stereocenters. The molecule has 6 atom stereocenters. The lowest BCUT2D eigenvalue weighted by atomic mass is 9.83. The molecule has 18 heteroatoms. The predicted molar refractivity (Wildman–Crippen MR) is 277 cm³/mol. The second kappa shape index (κ2) is 22.3. The number of para-hydroxylation sites is 1. The minimum Gasteiger partial charge on any atom is -0.507 e. The van der Waals surface area contributed by atoms with Crippen LogP contribution in [0.5, 0.6) is 11.5 Å². The quantitative estimate of drug-likeness (QED) is 0.0807.